The van der Waals surface area contributed by atoms with Gasteiger partial charge in [0.25, 0.3) is 0 Å². The number of benzene rings is 9. The van der Waals surface area contributed by atoms with Gasteiger partial charge in [-0.05, 0) is 56.1 Å². The molecule has 0 aliphatic rings. The Kier molecular flexibility index (Phi) is 6.76. The molecule has 0 aliphatic heterocycles. The molecular formula is C51H32N3OS+3. The Morgan fingerprint density at radius 2 is 0.946 bits per heavy atom. The van der Waals surface area contributed by atoms with E-state index in [-0.39, 0.29) is 0 Å². The molecule has 12 aromatic rings. The van der Waals surface area contributed by atoms with Crippen molar-refractivity contribution in [2.75, 3.05) is 0 Å². The molecule has 5 heteroatoms. The molecule has 0 spiro atoms. The first-order chi connectivity index (χ1) is 27.7. The molecule has 0 unspecified atom stereocenters. The minimum absolute atomic E-state index is 0.853. The van der Waals surface area contributed by atoms with E-state index in [1.807, 2.05) is 11.3 Å². The Morgan fingerprint density at radius 3 is 1.80 bits per heavy atom. The predicted octanol–water partition coefficient (Wildman–Crippen LogP) is 11.9. The number of furan rings is 1. The number of para-hydroxylation sites is 1. The lowest BCUT2D eigenvalue weighted by Gasteiger charge is -2.06. The van der Waals surface area contributed by atoms with E-state index < -0.39 is 0 Å². The van der Waals surface area contributed by atoms with E-state index in [0.29, 0.717) is 0 Å². The topological polar surface area (TPSA) is 24.8 Å². The van der Waals surface area contributed by atoms with Gasteiger partial charge < -0.3 is 4.42 Å². The van der Waals surface area contributed by atoms with Crippen molar-refractivity contribution in [3.05, 3.63) is 195 Å². The Labute approximate surface area is 325 Å². The van der Waals surface area contributed by atoms with Gasteiger partial charge in [-0.15, -0.1) is 11.3 Å². The van der Waals surface area contributed by atoms with Crippen molar-refractivity contribution in [3.8, 4) is 28.2 Å². The smallest absolute Gasteiger partial charge is 0.428 e. The summed E-state index contributed by atoms with van der Waals surface area (Å²) in [5.74, 6) is 0. The fourth-order valence-electron chi connectivity index (χ4n) is 8.66. The first-order valence-corrected chi connectivity index (χ1v) is 19.7. The van der Waals surface area contributed by atoms with Crippen molar-refractivity contribution >= 4 is 85.8 Å². The van der Waals surface area contributed by atoms with Crippen LogP contribution in [-0.4, -0.2) is 0 Å². The van der Waals surface area contributed by atoms with Crippen LogP contribution in [0.4, 0.5) is 0 Å². The summed E-state index contributed by atoms with van der Waals surface area (Å²) in [7, 11) is 0. The van der Waals surface area contributed by atoms with Gasteiger partial charge in [-0.1, -0.05) is 141 Å². The molecule has 3 heterocycles. The second-order valence-electron chi connectivity index (χ2n) is 14.5. The number of nitrogens with zero attached hydrogens (tertiary/aromatic N) is 3. The summed E-state index contributed by atoms with van der Waals surface area (Å²) in [5, 5.41) is 12.3. The van der Waals surface area contributed by atoms with Crippen LogP contribution in [0.2, 0.25) is 0 Å². The Morgan fingerprint density at radius 1 is 0.357 bits per heavy atom. The maximum Gasteiger partial charge on any atom is 0.428 e. The third-order valence-electron chi connectivity index (χ3n) is 11.3. The van der Waals surface area contributed by atoms with Crippen LogP contribution < -0.4 is 13.7 Å². The normalized spacial score (nSPS) is 11.9. The third kappa shape index (κ3) is 4.75. The molecule has 9 aromatic carbocycles. The van der Waals surface area contributed by atoms with Crippen LogP contribution in [0.15, 0.2) is 199 Å². The Balaban J connectivity index is 1.11. The molecule has 0 radical (unpaired) electrons. The molecule has 0 saturated carbocycles. The van der Waals surface area contributed by atoms with Gasteiger partial charge in [0.05, 0.1) is 0 Å². The van der Waals surface area contributed by atoms with Crippen LogP contribution in [0.3, 0.4) is 0 Å². The fraction of sp³-hybridized carbons (Fsp3) is 0. The summed E-state index contributed by atoms with van der Waals surface area (Å²) >= 11 is 1.89. The molecule has 56 heavy (non-hydrogen) atoms. The van der Waals surface area contributed by atoms with Gasteiger partial charge in [-0.3, -0.25) is 0 Å². The molecule has 0 fully saturated rings. The van der Waals surface area contributed by atoms with Crippen LogP contribution >= 0.6 is 11.3 Å². The lowest BCUT2D eigenvalue weighted by Crippen LogP contribution is -2.55. The first kappa shape index (κ1) is 31.2. The minimum Gasteiger partial charge on any atom is -0.456 e. The molecule has 0 N–H and O–H groups in total. The second kappa shape index (κ2) is 12.2. The molecule has 0 aliphatic carbocycles. The number of hydrogen-bond donors (Lipinski definition) is 0. The summed E-state index contributed by atoms with van der Waals surface area (Å²) in [5.41, 5.74) is 7.27. The van der Waals surface area contributed by atoms with Crippen LogP contribution in [0.25, 0.3) is 103 Å². The van der Waals surface area contributed by atoms with Crippen LogP contribution in [0.1, 0.15) is 0 Å². The number of aromatic nitrogens is 3. The second-order valence-corrected chi connectivity index (χ2v) is 15.5. The highest BCUT2D eigenvalue weighted by Gasteiger charge is 2.29. The molecule has 4 nitrogen and oxygen atoms in total. The summed E-state index contributed by atoms with van der Waals surface area (Å²) in [6, 6.07) is 63.1. The van der Waals surface area contributed by atoms with Crippen LogP contribution in [-0.2, 0) is 0 Å². The molecule has 12 rings (SSSR count). The van der Waals surface area contributed by atoms with Crippen molar-refractivity contribution in [1.29, 1.82) is 0 Å². The van der Waals surface area contributed by atoms with Crippen LogP contribution in [0.5, 0.6) is 0 Å². The highest BCUT2D eigenvalue weighted by atomic mass is 32.1. The molecule has 0 atom stereocenters. The van der Waals surface area contributed by atoms with Gasteiger partial charge in [-0.25, -0.2) is 0 Å². The van der Waals surface area contributed by atoms with Gasteiger partial charge >= 0.3 is 19.0 Å². The van der Waals surface area contributed by atoms with Gasteiger partial charge in [-0.2, -0.15) is 0 Å². The molecule has 0 saturated heterocycles. The Hall–Kier alpha value is -7.21. The lowest BCUT2D eigenvalue weighted by atomic mass is 9.97. The maximum absolute atomic E-state index is 6.70. The monoisotopic (exact) mass is 734 g/mol. The number of rotatable bonds is 4. The average Bonchev–Trinajstić information content (AvgIpc) is 3.86. The fourth-order valence-corrected chi connectivity index (χ4v) is 10.0. The van der Waals surface area contributed by atoms with Crippen molar-refractivity contribution < 1.29 is 18.1 Å². The summed E-state index contributed by atoms with van der Waals surface area (Å²) < 4.78 is 16.0. The maximum atomic E-state index is 6.70. The quantitative estimate of drug-likeness (QED) is 0.131. The van der Waals surface area contributed by atoms with Crippen molar-refractivity contribution in [1.82, 2.24) is 0 Å². The number of hydrogen-bond acceptors (Lipinski definition) is 2. The highest BCUT2D eigenvalue weighted by molar-refractivity contribution is 7.27. The highest BCUT2D eigenvalue weighted by Crippen LogP contribution is 2.46. The van der Waals surface area contributed by atoms with Crippen molar-refractivity contribution in [2.24, 2.45) is 0 Å². The van der Waals surface area contributed by atoms with E-state index in [9.17, 15) is 0 Å². The predicted molar refractivity (Wildman–Crippen MR) is 229 cm³/mol. The van der Waals surface area contributed by atoms with Gasteiger partial charge in [0, 0.05) is 61.5 Å². The van der Waals surface area contributed by atoms with Gasteiger partial charge in [0.1, 0.15) is 16.6 Å². The van der Waals surface area contributed by atoms with Crippen molar-refractivity contribution in [3.63, 3.8) is 0 Å². The van der Waals surface area contributed by atoms with E-state index >= 15 is 0 Å². The lowest BCUT2D eigenvalue weighted by molar-refractivity contribution is -0.857. The van der Waals surface area contributed by atoms with E-state index in [4.69, 9.17) is 4.42 Å². The standard InChI is InChI=1S/C51H32N3OS/c1-2-13-36(14-3-1)52-30-53(37-27-25-35-24-23-33-11-4-6-15-38(33)44(35)29-37)32-54(31-52)45-20-10-22-47-49(45)48-40(17-9-21-46(48)55-47)41-18-8-19-42-43-28-26-34-12-5-7-16-39(34)50(43)56-51(41)42/h1-32H/q+3. The Bertz CT molecular complexity index is 3550. The summed E-state index contributed by atoms with van der Waals surface area (Å²) in [4.78, 5) is 0. The zero-order valence-electron chi connectivity index (χ0n) is 30.1. The van der Waals surface area contributed by atoms with E-state index in [1.165, 1.54) is 58.1 Å². The minimum atomic E-state index is 0.853. The van der Waals surface area contributed by atoms with Gasteiger partial charge in [0.2, 0.25) is 17.1 Å². The summed E-state index contributed by atoms with van der Waals surface area (Å²) in [6.07, 6.45) is 6.50. The number of thiophene rings is 1. The van der Waals surface area contributed by atoms with Crippen molar-refractivity contribution in [2.45, 2.75) is 0 Å². The van der Waals surface area contributed by atoms with E-state index in [2.05, 4.69) is 209 Å². The van der Waals surface area contributed by atoms with E-state index in [1.54, 1.807) is 0 Å². The molecular weight excluding hydrogens is 703 g/mol. The van der Waals surface area contributed by atoms with Crippen LogP contribution in [0, 0.1) is 0 Å². The molecule has 3 aromatic heterocycles. The molecule has 260 valence electrons. The summed E-state index contributed by atoms with van der Waals surface area (Å²) in [6.45, 7) is 0. The zero-order chi connectivity index (χ0) is 36.7. The molecule has 0 amide bonds. The number of fused-ring (bicyclic) bond motifs is 11. The molecule has 0 bridgehead atoms. The third-order valence-corrected chi connectivity index (χ3v) is 12.6. The SMILES string of the molecule is c1ccc(-[n+]2c[n+](-c3ccc4ccc5ccccc5c4c3)c[n+](-c3cccc4oc5cccc(-c6cccc7c6sc6c8ccccc8ccc76)c5c34)c2)cc1. The van der Waals surface area contributed by atoms with Gasteiger partial charge in [0.15, 0.2) is 0 Å². The van der Waals surface area contributed by atoms with E-state index in [0.717, 1.165) is 44.6 Å². The zero-order valence-corrected chi connectivity index (χ0v) is 30.9. The first-order valence-electron chi connectivity index (χ1n) is 18.9. The average molecular weight is 735 g/mol. The largest absolute Gasteiger partial charge is 0.456 e.